The summed E-state index contributed by atoms with van der Waals surface area (Å²) >= 11 is 0. The van der Waals surface area contributed by atoms with Crippen molar-refractivity contribution in [1.29, 1.82) is 0 Å². The quantitative estimate of drug-likeness (QED) is 0.791. The molecule has 0 aliphatic heterocycles. The van der Waals surface area contributed by atoms with Gasteiger partial charge in [-0.1, -0.05) is 12.8 Å². The lowest BCUT2D eigenvalue weighted by atomic mass is 9.97. The second kappa shape index (κ2) is 4.67. The Labute approximate surface area is 102 Å². The average molecular weight is 239 g/mol. The van der Waals surface area contributed by atoms with Crippen LogP contribution in [0.25, 0.3) is 0 Å². The van der Waals surface area contributed by atoms with E-state index in [-0.39, 0.29) is 23.3 Å². The third-order valence-corrected chi connectivity index (χ3v) is 4.28. The van der Waals surface area contributed by atoms with Crippen LogP contribution < -0.4 is 5.32 Å². The predicted molar refractivity (Wildman–Crippen MR) is 63.5 cm³/mol. The zero-order valence-corrected chi connectivity index (χ0v) is 10.4. The van der Waals surface area contributed by atoms with E-state index in [9.17, 15) is 9.59 Å². The summed E-state index contributed by atoms with van der Waals surface area (Å²) in [6.45, 7) is 2.10. The molecular weight excluding hydrogens is 218 g/mol. The number of aliphatic carboxylic acids is 1. The Morgan fingerprint density at radius 1 is 1.18 bits per heavy atom. The lowest BCUT2D eigenvalue weighted by Gasteiger charge is -2.27. The highest BCUT2D eigenvalue weighted by molar-refractivity contribution is 5.81. The van der Waals surface area contributed by atoms with Gasteiger partial charge in [0.1, 0.15) is 0 Å². The summed E-state index contributed by atoms with van der Waals surface area (Å²) in [6.07, 6.45) is 6.33. The van der Waals surface area contributed by atoms with Gasteiger partial charge in [-0.3, -0.25) is 9.59 Å². The van der Waals surface area contributed by atoms with Gasteiger partial charge in [0.2, 0.25) is 5.91 Å². The highest BCUT2D eigenvalue weighted by Gasteiger charge is 2.37. The number of carbonyl (C=O) groups is 2. The normalized spacial score (nSPS) is 31.4. The van der Waals surface area contributed by atoms with Crippen LogP contribution in [0.4, 0.5) is 0 Å². The Hall–Kier alpha value is -1.06. The van der Waals surface area contributed by atoms with Crippen LogP contribution in [-0.4, -0.2) is 22.5 Å². The van der Waals surface area contributed by atoms with Gasteiger partial charge in [0.25, 0.3) is 0 Å². The minimum Gasteiger partial charge on any atom is -0.481 e. The lowest BCUT2D eigenvalue weighted by molar-refractivity contribution is -0.141. The number of carboxylic acids is 1. The molecule has 0 spiro atoms. The maximum absolute atomic E-state index is 12.1. The molecule has 4 heteroatoms. The molecule has 0 aromatic carbocycles. The van der Waals surface area contributed by atoms with E-state index in [0.717, 1.165) is 19.3 Å². The average Bonchev–Trinajstić information content (AvgIpc) is 2.86. The molecule has 0 bridgehead atoms. The van der Waals surface area contributed by atoms with Gasteiger partial charge < -0.3 is 10.4 Å². The summed E-state index contributed by atoms with van der Waals surface area (Å²) < 4.78 is 0. The minimum atomic E-state index is -0.757. The number of carbonyl (C=O) groups excluding carboxylic acids is 1. The Balaban J connectivity index is 1.87. The molecule has 17 heavy (non-hydrogen) atoms. The molecule has 2 saturated carbocycles. The molecule has 1 amide bonds. The zero-order valence-electron chi connectivity index (χ0n) is 10.4. The second-order valence-electron chi connectivity index (χ2n) is 5.80. The van der Waals surface area contributed by atoms with E-state index in [1.165, 1.54) is 12.8 Å². The lowest BCUT2D eigenvalue weighted by Crippen LogP contribution is -2.46. The molecule has 0 radical (unpaired) electrons. The molecule has 4 nitrogen and oxygen atoms in total. The topological polar surface area (TPSA) is 66.4 Å². The van der Waals surface area contributed by atoms with Crippen molar-refractivity contribution in [2.75, 3.05) is 0 Å². The van der Waals surface area contributed by atoms with Gasteiger partial charge in [-0.2, -0.15) is 0 Å². The van der Waals surface area contributed by atoms with E-state index in [2.05, 4.69) is 12.2 Å². The summed E-state index contributed by atoms with van der Waals surface area (Å²) in [5, 5.41) is 12.0. The summed E-state index contributed by atoms with van der Waals surface area (Å²) in [5.41, 5.74) is -0.0433. The van der Waals surface area contributed by atoms with Crippen LogP contribution >= 0.6 is 0 Å². The van der Waals surface area contributed by atoms with Crippen molar-refractivity contribution < 1.29 is 14.7 Å². The monoisotopic (exact) mass is 239 g/mol. The highest BCUT2D eigenvalue weighted by Crippen LogP contribution is 2.34. The molecule has 0 aromatic heterocycles. The van der Waals surface area contributed by atoms with Crippen molar-refractivity contribution in [3.05, 3.63) is 0 Å². The van der Waals surface area contributed by atoms with Crippen LogP contribution in [0.15, 0.2) is 0 Å². The van der Waals surface area contributed by atoms with E-state index in [4.69, 9.17) is 5.11 Å². The molecule has 2 atom stereocenters. The van der Waals surface area contributed by atoms with E-state index in [0.29, 0.717) is 12.8 Å². The van der Waals surface area contributed by atoms with Gasteiger partial charge in [0, 0.05) is 11.5 Å². The SMILES string of the molecule is CC1(NC(=O)C2CCC(C(=O)O)C2)CCCC1. The Morgan fingerprint density at radius 3 is 2.29 bits per heavy atom. The van der Waals surface area contributed by atoms with Crippen LogP contribution in [0, 0.1) is 11.8 Å². The maximum atomic E-state index is 12.1. The smallest absolute Gasteiger partial charge is 0.306 e. The molecule has 0 aromatic rings. The molecule has 2 rings (SSSR count). The molecule has 2 aliphatic rings. The molecular formula is C13H21NO3. The third kappa shape index (κ3) is 2.79. The molecule has 2 aliphatic carbocycles. The predicted octanol–water partition coefficient (Wildman–Crippen LogP) is 1.94. The van der Waals surface area contributed by atoms with Crippen molar-refractivity contribution in [2.24, 2.45) is 11.8 Å². The molecule has 2 unspecified atom stereocenters. The van der Waals surface area contributed by atoms with E-state index in [1.807, 2.05) is 0 Å². The Bertz CT molecular complexity index is 321. The van der Waals surface area contributed by atoms with Gasteiger partial charge in [0.05, 0.1) is 5.92 Å². The summed E-state index contributed by atoms with van der Waals surface area (Å²) in [4.78, 5) is 22.9. The van der Waals surface area contributed by atoms with Gasteiger partial charge in [-0.05, 0) is 39.0 Å². The fourth-order valence-corrected chi connectivity index (χ4v) is 3.12. The first kappa shape index (κ1) is 12.4. The van der Waals surface area contributed by atoms with Crippen LogP contribution in [0.5, 0.6) is 0 Å². The zero-order chi connectivity index (χ0) is 12.5. The van der Waals surface area contributed by atoms with Crippen LogP contribution in [0.1, 0.15) is 51.9 Å². The third-order valence-electron chi connectivity index (χ3n) is 4.28. The summed E-state index contributed by atoms with van der Waals surface area (Å²) in [7, 11) is 0. The van der Waals surface area contributed by atoms with Gasteiger partial charge in [0.15, 0.2) is 0 Å². The van der Waals surface area contributed by atoms with Gasteiger partial charge >= 0.3 is 5.97 Å². The van der Waals surface area contributed by atoms with Crippen molar-refractivity contribution >= 4 is 11.9 Å². The van der Waals surface area contributed by atoms with Crippen molar-refractivity contribution in [3.63, 3.8) is 0 Å². The van der Waals surface area contributed by atoms with E-state index in [1.54, 1.807) is 0 Å². The first-order valence-corrected chi connectivity index (χ1v) is 6.55. The first-order valence-electron chi connectivity index (χ1n) is 6.55. The summed E-state index contributed by atoms with van der Waals surface area (Å²) in [5.74, 6) is -1.10. The Morgan fingerprint density at radius 2 is 1.76 bits per heavy atom. The second-order valence-corrected chi connectivity index (χ2v) is 5.80. The molecule has 2 fully saturated rings. The number of carboxylic acid groups (broad SMARTS) is 1. The molecule has 0 heterocycles. The van der Waals surface area contributed by atoms with Crippen molar-refractivity contribution in [1.82, 2.24) is 5.32 Å². The van der Waals surface area contributed by atoms with Crippen LogP contribution in [0.2, 0.25) is 0 Å². The summed E-state index contributed by atoms with van der Waals surface area (Å²) in [6, 6.07) is 0. The standard InChI is InChI=1S/C13H21NO3/c1-13(6-2-3-7-13)14-11(15)9-4-5-10(8-9)12(16)17/h9-10H,2-8H2,1H3,(H,14,15)(H,16,17). The van der Waals surface area contributed by atoms with Crippen molar-refractivity contribution in [3.8, 4) is 0 Å². The number of nitrogens with one attached hydrogen (secondary N) is 1. The van der Waals surface area contributed by atoms with E-state index < -0.39 is 5.97 Å². The molecule has 96 valence electrons. The van der Waals surface area contributed by atoms with Crippen LogP contribution in [-0.2, 0) is 9.59 Å². The fraction of sp³-hybridized carbons (Fsp3) is 0.846. The number of amides is 1. The first-order chi connectivity index (χ1) is 8.00. The number of rotatable bonds is 3. The van der Waals surface area contributed by atoms with Gasteiger partial charge in [-0.15, -0.1) is 0 Å². The van der Waals surface area contributed by atoms with E-state index >= 15 is 0 Å². The number of hydrogen-bond acceptors (Lipinski definition) is 2. The Kier molecular flexibility index (Phi) is 3.40. The van der Waals surface area contributed by atoms with Crippen LogP contribution in [0.3, 0.4) is 0 Å². The fourth-order valence-electron chi connectivity index (χ4n) is 3.12. The number of hydrogen-bond donors (Lipinski definition) is 2. The maximum Gasteiger partial charge on any atom is 0.306 e. The molecule has 2 N–H and O–H groups in total. The highest BCUT2D eigenvalue weighted by atomic mass is 16.4. The van der Waals surface area contributed by atoms with Crippen molar-refractivity contribution in [2.45, 2.75) is 57.4 Å². The minimum absolute atomic E-state index is 0.0433. The van der Waals surface area contributed by atoms with Gasteiger partial charge in [-0.25, -0.2) is 0 Å². The molecule has 0 saturated heterocycles. The largest absolute Gasteiger partial charge is 0.481 e.